The quantitative estimate of drug-likeness (QED) is 0.575. The number of hydrogen-bond acceptors (Lipinski definition) is 4. The summed E-state index contributed by atoms with van der Waals surface area (Å²) in [5.41, 5.74) is 4.69. The maximum atomic E-state index is 13.4. The molecular formula is C21H27F3N4O2. The van der Waals surface area contributed by atoms with Crippen LogP contribution >= 0.6 is 0 Å². The van der Waals surface area contributed by atoms with Gasteiger partial charge in [-0.05, 0) is 70.0 Å². The number of aromatic nitrogens is 1. The highest BCUT2D eigenvalue weighted by atomic mass is 19.4. The summed E-state index contributed by atoms with van der Waals surface area (Å²) in [4.78, 5) is 20.7. The molecule has 2 unspecified atom stereocenters. The summed E-state index contributed by atoms with van der Waals surface area (Å²) < 4.78 is 46.1. The van der Waals surface area contributed by atoms with Gasteiger partial charge in [0.1, 0.15) is 17.1 Å². The SMILES string of the molecule is CC1CC(C(=O)N=C(N)c2ccc(C(F)(F)F)nc2C23CCC(CC2)CO3)CCN1. The number of carbonyl (C=O) groups excluding carboxylic acids is 1. The van der Waals surface area contributed by atoms with E-state index in [0.717, 1.165) is 25.5 Å². The molecule has 4 aliphatic rings. The second-order valence-corrected chi connectivity index (χ2v) is 8.75. The fourth-order valence-corrected chi connectivity index (χ4v) is 4.83. The van der Waals surface area contributed by atoms with E-state index in [1.165, 1.54) is 6.07 Å². The first kappa shape index (κ1) is 21.2. The number of nitrogens with two attached hydrogens (primary N) is 1. The van der Waals surface area contributed by atoms with E-state index in [2.05, 4.69) is 15.3 Å². The van der Waals surface area contributed by atoms with Crippen LogP contribution in [0.25, 0.3) is 0 Å². The number of aliphatic imine (C=N–C) groups is 1. The molecule has 1 aliphatic carbocycles. The summed E-state index contributed by atoms with van der Waals surface area (Å²) in [5, 5.41) is 3.28. The molecule has 1 aromatic heterocycles. The molecule has 5 rings (SSSR count). The molecular weight excluding hydrogens is 397 g/mol. The van der Waals surface area contributed by atoms with E-state index in [1.807, 2.05) is 6.92 Å². The third-order valence-corrected chi connectivity index (χ3v) is 6.60. The molecule has 1 aromatic rings. The van der Waals surface area contributed by atoms with Crippen molar-refractivity contribution in [1.82, 2.24) is 10.3 Å². The highest BCUT2D eigenvalue weighted by Crippen LogP contribution is 2.48. The van der Waals surface area contributed by atoms with Crippen molar-refractivity contribution in [1.29, 1.82) is 0 Å². The molecule has 9 heteroatoms. The molecule has 4 heterocycles. The molecule has 6 nitrogen and oxygen atoms in total. The van der Waals surface area contributed by atoms with Gasteiger partial charge in [-0.25, -0.2) is 4.98 Å². The van der Waals surface area contributed by atoms with Crippen LogP contribution in [0.5, 0.6) is 0 Å². The monoisotopic (exact) mass is 424 g/mol. The summed E-state index contributed by atoms with van der Waals surface area (Å²) in [6.07, 6.45) is -0.337. The Labute approximate surface area is 173 Å². The van der Waals surface area contributed by atoms with Crippen molar-refractivity contribution in [2.45, 2.75) is 63.3 Å². The number of amides is 1. The first-order valence-corrected chi connectivity index (χ1v) is 10.5. The van der Waals surface area contributed by atoms with Crippen molar-refractivity contribution in [3.63, 3.8) is 0 Å². The van der Waals surface area contributed by atoms with Gasteiger partial charge in [0.05, 0.1) is 12.3 Å². The van der Waals surface area contributed by atoms with Gasteiger partial charge in [0.2, 0.25) is 0 Å². The third kappa shape index (κ3) is 4.09. The molecule has 3 saturated heterocycles. The Morgan fingerprint density at radius 2 is 2.03 bits per heavy atom. The molecule has 1 amide bonds. The molecule has 3 aliphatic heterocycles. The lowest BCUT2D eigenvalue weighted by atomic mass is 9.73. The largest absolute Gasteiger partial charge is 0.433 e. The van der Waals surface area contributed by atoms with Crippen LogP contribution in [0.4, 0.5) is 13.2 Å². The Balaban J connectivity index is 1.70. The van der Waals surface area contributed by atoms with Gasteiger partial charge in [-0.15, -0.1) is 0 Å². The molecule has 0 aromatic carbocycles. The number of fused-ring (bicyclic) bond motifs is 3. The average Bonchev–Trinajstić information content (AvgIpc) is 2.74. The maximum Gasteiger partial charge on any atom is 0.433 e. The fourth-order valence-electron chi connectivity index (χ4n) is 4.83. The summed E-state index contributed by atoms with van der Waals surface area (Å²) >= 11 is 0. The van der Waals surface area contributed by atoms with Crippen molar-refractivity contribution in [2.75, 3.05) is 13.2 Å². The summed E-state index contributed by atoms with van der Waals surface area (Å²) in [6, 6.07) is 2.38. The van der Waals surface area contributed by atoms with E-state index in [4.69, 9.17) is 10.5 Å². The number of halogens is 3. The van der Waals surface area contributed by atoms with Crippen LogP contribution in [-0.2, 0) is 21.3 Å². The second-order valence-electron chi connectivity index (χ2n) is 8.75. The lowest BCUT2D eigenvalue weighted by molar-refractivity contribution is -0.156. The minimum atomic E-state index is -4.58. The molecule has 30 heavy (non-hydrogen) atoms. The van der Waals surface area contributed by atoms with Gasteiger partial charge in [-0.1, -0.05) is 0 Å². The van der Waals surface area contributed by atoms with Crippen molar-refractivity contribution in [3.8, 4) is 0 Å². The van der Waals surface area contributed by atoms with Crippen molar-refractivity contribution in [2.24, 2.45) is 22.6 Å². The van der Waals surface area contributed by atoms with Gasteiger partial charge in [0.25, 0.3) is 5.91 Å². The van der Waals surface area contributed by atoms with E-state index in [9.17, 15) is 18.0 Å². The number of hydrogen-bond donors (Lipinski definition) is 2. The van der Waals surface area contributed by atoms with Gasteiger partial charge in [-0.2, -0.15) is 18.2 Å². The van der Waals surface area contributed by atoms with E-state index in [1.54, 1.807) is 0 Å². The molecule has 1 saturated carbocycles. The summed E-state index contributed by atoms with van der Waals surface area (Å²) in [6.45, 7) is 3.22. The Morgan fingerprint density at radius 3 is 2.63 bits per heavy atom. The van der Waals surface area contributed by atoms with Gasteiger partial charge in [0.15, 0.2) is 0 Å². The fraction of sp³-hybridized carbons (Fsp3) is 0.667. The second kappa shape index (κ2) is 7.92. The summed E-state index contributed by atoms with van der Waals surface area (Å²) in [7, 11) is 0. The molecule has 0 spiro atoms. The molecule has 2 bridgehead atoms. The van der Waals surface area contributed by atoms with Crippen molar-refractivity contribution >= 4 is 11.7 Å². The van der Waals surface area contributed by atoms with Crippen LogP contribution < -0.4 is 11.1 Å². The van der Waals surface area contributed by atoms with Crippen molar-refractivity contribution < 1.29 is 22.7 Å². The highest BCUT2D eigenvalue weighted by Gasteiger charge is 2.47. The molecule has 3 N–H and O–H groups in total. The van der Waals surface area contributed by atoms with Gasteiger partial charge >= 0.3 is 6.18 Å². The Kier molecular flexibility index (Phi) is 5.61. The first-order valence-electron chi connectivity index (χ1n) is 10.5. The lowest BCUT2D eigenvalue weighted by Crippen LogP contribution is -2.45. The molecule has 0 radical (unpaired) electrons. The zero-order chi connectivity index (χ0) is 21.5. The van der Waals surface area contributed by atoms with E-state index in [-0.39, 0.29) is 35.0 Å². The Bertz CT molecular complexity index is 833. The van der Waals surface area contributed by atoms with Crippen LogP contribution in [-0.4, -0.2) is 35.9 Å². The zero-order valence-corrected chi connectivity index (χ0v) is 17.0. The number of ether oxygens (including phenoxy) is 1. The third-order valence-electron chi connectivity index (χ3n) is 6.60. The number of pyridine rings is 1. The predicted molar refractivity (Wildman–Crippen MR) is 105 cm³/mol. The highest BCUT2D eigenvalue weighted by molar-refractivity contribution is 6.05. The first-order chi connectivity index (χ1) is 14.2. The van der Waals surface area contributed by atoms with Gasteiger partial charge < -0.3 is 15.8 Å². The van der Waals surface area contributed by atoms with E-state index < -0.39 is 17.5 Å². The minimum absolute atomic E-state index is 0.0897. The van der Waals surface area contributed by atoms with Crippen molar-refractivity contribution in [3.05, 3.63) is 29.1 Å². The predicted octanol–water partition coefficient (Wildman–Crippen LogP) is 3.14. The normalized spacial score (nSPS) is 32.3. The van der Waals surface area contributed by atoms with E-state index >= 15 is 0 Å². The zero-order valence-electron chi connectivity index (χ0n) is 17.0. The van der Waals surface area contributed by atoms with Crippen LogP contribution in [0.3, 0.4) is 0 Å². The van der Waals surface area contributed by atoms with Gasteiger partial charge in [0, 0.05) is 17.5 Å². The van der Waals surface area contributed by atoms with Gasteiger partial charge in [-0.3, -0.25) is 4.79 Å². The summed E-state index contributed by atoms with van der Waals surface area (Å²) in [5.74, 6) is -0.230. The van der Waals surface area contributed by atoms with Crippen LogP contribution in [0.15, 0.2) is 17.1 Å². The Hall–Kier alpha value is -2.00. The molecule has 4 fully saturated rings. The standard InChI is InChI=1S/C21H27F3N4O2/c1-12-10-14(6-9-26-12)19(29)28-18(25)15-2-3-16(21(22,23)24)27-17(15)20-7-4-13(5-8-20)11-30-20/h2-3,12-14,26H,4-11H2,1H3,(H2,25,28,29). The average molecular weight is 424 g/mol. The smallest absolute Gasteiger partial charge is 0.383 e. The number of carbonyl (C=O) groups is 1. The lowest BCUT2D eigenvalue weighted by Gasteiger charge is -2.46. The number of rotatable bonds is 3. The number of alkyl halides is 3. The number of piperidine rings is 1. The van der Waals surface area contributed by atoms with Crippen LogP contribution in [0.2, 0.25) is 0 Å². The topological polar surface area (TPSA) is 89.6 Å². The minimum Gasteiger partial charge on any atom is -0.383 e. The maximum absolute atomic E-state index is 13.4. The van der Waals surface area contributed by atoms with E-state index in [0.29, 0.717) is 38.2 Å². The van der Waals surface area contributed by atoms with Crippen LogP contribution in [0, 0.1) is 11.8 Å². The van der Waals surface area contributed by atoms with Crippen LogP contribution in [0.1, 0.15) is 62.4 Å². The number of amidine groups is 1. The molecule has 164 valence electrons. The molecule has 2 atom stereocenters. The number of nitrogens with zero attached hydrogens (tertiary/aromatic N) is 2. The number of nitrogens with one attached hydrogen (secondary N) is 1. The Morgan fingerprint density at radius 1 is 1.30 bits per heavy atom.